The predicted octanol–water partition coefficient (Wildman–Crippen LogP) is 6.13. The van der Waals surface area contributed by atoms with E-state index in [1.807, 2.05) is 12.3 Å². The minimum absolute atomic E-state index is 0.0155. The number of aromatic nitrogens is 2. The van der Waals surface area contributed by atoms with Crippen LogP contribution < -0.4 is 10.2 Å². The maximum atomic E-state index is 5.85. The summed E-state index contributed by atoms with van der Waals surface area (Å²) in [6.07, 6.45) is 14.1. The van der Waals surface area contributed by atoms with Crippen LogP contribution in [-0.4, -0.2) is 14.7 Å². The molecule has 2 aliphatic rings. The van der Waals surface area contributed by atoms with Gasteiger partial charge in [-0.25, -0.2) is 0 Å². The van der Waals surface area contributed by atoms with Crippen molar-refractivity contribution in [1.82, 2.24) is 14.9 Å². The summed E-state index contributed by atoms with van der Waals surface area (Å²) >= 11 is 5.85. The van der Waals surface area contributed by atoms with Crippen molar-refractivity contribution < 1.29 is 0 Å². The Kier molecular flexibility index (Phi) is 5.77. The Morgan fingerprint density at radius 3 is 2.55 bits per heavy atom. The van der Waals surface area contributed by atoms with Gasteiger partial charge >= 0.3 is 0 Å². The van der Waals surface area contributed by atoms with Crippen molar-refractivity contribution >= 4 is 23.0 Å². The summed E-state index contributed by atoms with van der Waals surface area (Å²) in [4.78, 5) is 6.94. The van der Waals surface area contributed by atoms with E-state index in [0.717, 1.165) is 22.9 Å². The molecule has 0 amide bonds. The van der Waals surface area contributed by atoms with Gasteiger partial charge in [-0.3, -0.25) is 4.98 Å². The first kappa shape index (κ1) is 20.3. The molecule has 0 bridgehead atoms. The van der Waals surface area contributed by atoms with Crippen molar-refractivity contribution in [3.63, 3.8) is 0 Å². The lowest BCUT2D eigenvalue weighted by molar-refractivity contribution is 0.353. The second kappa shape index (κ2) is 8.83. The standard InChI is InChI=1S/C26H30N4S/c1-2-19-11-13-22(14-12-19)30-25(24(28-26(30)31)23-10-6-7-16-27-23)20-15-17-29(18-20)21-8-4-3-5-9-21/h6-7,10-18,21,24-25H,2-5,8-9H2,1H3,(H,28,31)/t24-,25+/m0/s1. The van der Waals surface area contributed by atoms with Crippen LogP contribution >= 0.6 is 12.2 Å². The first-order valence-electron chi connectivity index (χ1n) is 11.5. The molecule has 1 saturated carbocycles. The maximum Gasteiger partial charge on any atom is 0.174 e. The van der Waals surface area contributed by atoms with Gasteiger partial charge in [0.1, 0.15) is 0 Å². The fourth-order valence-electron chi connectivity index (χ4n) is 5.08. The topological polar surface area (TPSA) is 33.1 Å². The summed E-state index contributed by atoms with van der Waals surface area (Å²) in [5, 5.41) is 4.33. The Bertz CT molecular complexity index is 1020. The molecule has 1 aliphatic heterocycles. The predicted molar refractivity (Wildman–Crippen MR) is 130 cm³/mol. The van der Waals surface area contributed by atoms with Crippen molar-refractivity contribution in [3.8, 4) is 0 Å². The lowest BCUT2D eigenvalue weighted by Gasteiger charge is -2.28. The van der Waals surface area contributed by atoms with Crippen LogP contribution in [0.15, 0.2) is 67.1 Å². The molecule has 1 aromatic carbocycles. The number of hydrogen-bond donors (Lipinski definition) is 1. The van der Waals surface area contributed by atoms with Crippen LogP contribution in [0.5, 0.6) is 0 Å². The Balaban J connectivity index is 1.53. The number of benzene rings is 1. The van der Waals surface area contributed by atoms with Crippen LogP contribution in [0.25, 0.3) is 0 Å². The molecule has 160 valence electrons. The van der Waals surface area contributed by atoms with Gasteiger partial charge in [-0.1, -0.05) is 44.4 Å². The number of thiocarbonyl (C=S) groups is 1. The lowest BCUT2D eigenvalue weighted by atomic mass is 9.95. The van der Waals surface area contributed by atoms with E-state index in [4.69, 9.17) is 12.2 Å². The SMILES string of the molecule is CCc1ccc(N2C(=S)N[C@@H](c3ccccn3)[C@H]2c2ccn(C3CCCCC3)c2)cc1. The summed E-state index contributed by atoms with van der Waals surface area (Å²) in [5.41, 5.74) is 4.77. The fraction of sp³-hybridized carbons (Fsp3) is 0.385. The highest BCUT2D eigenvalue weighted by Crippen LogP contribution is 2.42. The third-order valence-electron chi connectivity index (χ3n) is 6.80. The van der Waals surface area contributed by atoms with E-state index >= 15 is 0 Å². The molecule has 5 rings (SSSR count). The third-order valence-corrected chi connectivity index (χ3v) is 7.11. The van der Waals surface area contributed by atoms with E-state index in [9.17, 15) is 0 Å². The van der Waals surface area contributed by atoms with Crippen molar-refractivity contribution in [3.05, 3.63) is 83.9 Å². The minimum Gasteiger partial charge on any atom is -0.351 e. The molecule has 4 nitrogen and oxygen atoms in total. The summed E-state index contributed by atoms with van der Waals surface area (Å²) < 4.78 is 2.43. The molecule has 1 N–H and O–H groups in total. The van der Waals surface area contributed by atoms with E-state index in [-0.39, 0.29) is 12.1 Å². The van der Waals surface area contributed by atoms with Gasteiger partial charge in [-0.2, -0.15) is 0 Å². The highest BCUT2D eigenvalue weighted by atomic mass is 32.1. The Labute approximate surface area is 190 Å². The molecule has 2 atom stereocenters. The highest BCUT2D eigenvalue weighted by molar-refractivity contribution is 7.80. The molecular formula is C26H30N4S. The maximum absolute atomic E-state index is 5.85. The van der Waals surface area contributed by atoms with E-state index in [1.165, 1.54) is 43.2 Å². The summed E-state index contributed by atoms with van der Waals surface area (Å²) in [7, 11) is 0. The van der Waals surface area contributed by atoms with E-state index in [2.05, 4.69) is 81.5 Å². The molecule has 31 heavy (non-hydrogen) atoms. The largest absolute Gasteiger partial charge is 0.351 e. The Hall–Kier alpha value is -2.66. The van der Waals surface area contributed by atoms with Gasteiger partial charge in [-0.15, -0.1) is 0 Å². The van der Waals surface area contributed by atoms with Crippen molar-refractivity contribution in [1.29, 1.82) is 0 Å². The van der Waals surface area contributed by atoms with Gasteiger partial charge in [0.05, 0.1) is 17.8 Å². The molecule has 2 aromatic heterocycles. The van der Waals surface area contributed by atoms with Gasteiger partial charge in [0, 0.05) is 30.3 Å². The highest BCUT2D eigenvalue weighted by Gasteiger charge is 2.41. The van der Waals surface area contributed by atoms with Crippen LogP contribution in [-0.2, 0) is 6.42 Å². The van der Waals surface area contributed by atoms with E-state index in [0.29, 0.717) is 6.04 Å². The monoisotopic (exact) mass is 430 g/mol. The van der Waals surface area contributed by atoms with Crippen LogP contribution in [0.1, 0.15) is 74.0 Å². The normalized spacial score (nSPS) is 22.0. The number of aryl methyl sites for hydroxylation is 1. The second-order valence-corrected chi connectivity index (χ2v) is 9.09. The number of nitrogens with one attached hydrogen (secondary N) is 1. The quantitative estimate of drug-likeness (QED) is 0.494. The third kappa shape index (κ3) is 3.99. The fourth-order valence-corrected chi connectivity index (χ4v) is 5.42. The number of anilines is 1. The van der Waals surface area contributed by atoms with Gasteiger partial charge in [-0.05, 0) is 72.9 Å². The molecular weight excluding hydrogens is 400 g/mol. The van der Waals surface area contributed by atoms with Crippen molar-refractivity contribution in [2.45, 2.75) is 63.6 Å². The van der Waals surface area contributed by atoms with Gasteiger partial charge in [0.25, 0.3) is 0 Å². The molecule has 3 heterocycles. The molecule has 0 spiro atoms. The van der Waals surface area contributed by atoms with Crippen LogP contribution in [0.4, 0.5) is 5.69 Å². The summed E-state index contributed by atoms with van der Waals surface area (Å²) in [6, 6.07) is 17.9. The van der Waals surface area contributed by atoms with Crippen LogP contribution in [0.2, 0.25) is 0 Å². The molecule has 3 aromatic rings. The van der Waals surface area contributed by atoms with Crippen molar-refractivity contribution in [2.24, 2.45) is 0 Å². The molecule has 2 fully saturated rings. The average molecular weight is 431 g/mol. The summed E-state index contributed by atoms with van der Waals surface area (Å²) in [5.74, 6) is 0. The van der Waals surface area contributed by atoms with Gasteiger partial charge in [0.2, 0.25) is 0 Å². The Morgan fingerprint density at radius 1 is 1.03 bits per heavy atom. The smallest absolute Gasteiger partial charge is 0.174 e. The number of rotatable bonds is 5. The number of hydrogen-bond acceptors (Lipinski definition) is 2. The molecule has 1 aliphatic carbocycles. The zero-order chi connectivity index (χ0) is 21.2. The van der Waals surface area contributed by atoms with E-state index < -0.39 is 0 Å². The number of nitrogens with zero attached hydrogens (tertiary/aromatic N) is 3. The molecule has 0 radical (unpaired) electrons. The zero-order valence-corrected chi connectivity index (χ0v) is 18.9. The first-order chi connectivity index (χ1) is 15.2. The lowest BCUT2D eigenvalue weighted by Crippen LogP contribution is -2.29. The van der Waals surface area contributed by atoms with Crippen molar-refractivity contribution in [2.75, 3.05) is 4.90 Å². The van der Waals surface area contributed by atoms with Crippen LogP contribution in [0.3, 0.4) is 0 Å². The average Bonchev–Trinajstić information content (AvgIpc) is 3.45. The van der Waals surface area contributed by atoms with Gasteiger partial charge in [0.15, 0.2) is 5.11 Å². The first-order valence-corrected chi connectivity index (χ1v) is 11.9. The van der Waals surface area contributed by atoms with E-state index in [1.54, 1.807) is 0 Å². The molecule has 5 heteroatoms. The molecule has 0 unspecified atom stereocenters. The summed E-state index contributed by atoms with van der Waals surface area (Å²) in [6.45, 7) is 2.19. The zero-order valence-electron chi connectivity index (χ0n) is 18.1. The molecule has 1 saturated heterocycles. The Morgan fingerprint density at radius 2 is 1.84 bits per heavy atom. The second-order valence-electron chi connectivity index (χ2n) is 8.70. The minimum atomic E-state index is 0.0155. The van der Waals surface area contributed by atoms with Gasteiger partial charge < -0.3 is 14.8 Å². The van der Waals surface area contributed by atoms with Crippen LogP contribution in [0, 0.1) is 0 Å². The number of pyridine rings is 1.